The fraction of sp³-hybridized carbons (Fsp3) is 0.222. The van der Waals surface area contributed by atoms with Gasteiger partial charge < -0.3 is 4.57 Å². The van der Waals surface area contributed by atoms with E-state index in [-0.39, 0.29) is 0 Å². The van der Waals surface area contributed by atoms with E-state index in [2.05, 4.69) is 39.1 Å². The molecule has 0 amide bonds. The van der Waals surface area contributed by atoms with E-state index in [1.54, 1.807) is 0 Å². The Morgan fingerprint density at radius 1 is 1.50 bits per heavy atom. The number of rotatable bonds is 1. The molecule has 2 nitrogen and oxygen atoms in total. The minimum absolute atomic E-state index is 0.862. The van der Waals surface area contributed by atoms with Crippen LogP contribution in [0.2, 0.25) is 0 Å². The Morgan fingerprint density at radius 2 is 2.33 bits per heavy atom. The molecular formula is C9H9BrN2. The van der Waals surface area contributed by atoms with Gasteiger partial charge in [0.2, 0.25) is 0 Å². The Hall–Kier alpha value is -0.830. The molecule has 0 atom stereocenters. The summed E-state index contributed by atoms with van der Waals surface area (Å²) < 4.78 is 2.03. The number of aromatic nitrogens is 2. The molecule has 0 bridgehead atoms. The lowest BCUT2D eigenvalue weighted by molar-refractivity contribution is 0.948. The van der Waals surface area contributed by atoms with E-state index < -0.39 is 0 Å². The highest BCUT2D eigenvalue weighted by atomic mass is 79.9. The van der Waals surface area contributed by atoms with Crippen LogP contribution in [-0.2, 0) is 12.4 Å². The Morgan fingerprint density at radius 3 is 3.08 bits per heavy atom. The van der Waals surface area contributed by atoms with Crippen molar-refractivity contribution in [3.05, 3.63) is 30.1 Å². The summed E-state index contributed by atoms with van der Waals surface area (Å²) in [6, 6.07) is 6.22. The quantitative estimate of drug-likeness (QED) is 0.681. The monoisotopic (exact) mass is 224 g/mol. The van der Waals surface area contributed by atoms with Gasteiger partial charge >= 0.3 is 0 Å². The van der Waals surface area contributed by atoms with Gasteiger partial charge in [0.25, 0.3) is 0 Å². The highest BCUT2D eigenvalue weighted by Gasteiger charge is 2.02. The maximum atomic E-state index is 4.32. The van der Waals surface area contributed by atoms with Crippen LogP contribution in [0.1, 0.15) is 5.56 Å². The Kier molecular flexibility index (Phi) is 1.89. The normalized spacial score (nSPS) is 10.8. The van der Waals surface area contributed by atoms with Crippen LogP contribution >= 0.6 is 15.9 Å². The smallest absolute Gasteiger partial charge is 0.0955 e. The van der Waals surface area contributed by atoms with Gasteiger partial charge in [-0.15, -0.1) is 0 Å². The van der Waals surface area contributed by atoms with E-state index in [9.17, 15) is 0 Å². The molecule has 2 rings (SSSR count). The molecule has 12 heavy (non-hydrogen) atoms. The van der Waals surface area contributed by atoms with Crippen molar-refractivity contribution in [2.24, 2.45) is 7.05 Å². The van der Waals surface area contributed by atoms with Crippen molar-refractivity contribution in [1.29, 1.82) is 0 Å². The van der Waals surface area contributed by atoms with Crippen LogP contribution in [0.5, 0.6) is 0 Å². The largest absolute Gasteiger partial charge is 0.334 e. The Labute approximate surface area is 79.3 Å². The first-order valence-electron chi connectivity index (χ1n) is 3.78. The summed E-state index contributed by atoms with van der Waals surface area (Å²) in [5.74, 6) is 0. The van der Waals surface area contributed by atoms with Crippen molar-refractivity contribution >= 4 is 27.0 Å². The molecule has 0 unspecified atom stereocenters. The first-order valence-corrected chi connectivity index (χ1v) is 4.90. The molecule has 0 fully saturated rings. The van der Waals surface area contributed by atoms with Crippen molar-refractivity contribution < 1.29 is 0 Å². The van der Waals surface area contributed by atoms with Gasteiger partial charge in [-0.2, -0.15) is 0 Å². The summed E-state index contributed by atoms with van der Waals surface area (Å²) in [6.07, 6.45) is 1.84. The molecule has 0 N–H and O–H groups in total. The fourth-order valence-corrected chi connectivity index (χ4v) is 1.78. The van der Waals surface area contributed by atoms with E-state index >= 15 is 0 Å². The molecule has 0 saturated heterocycles. The second-order valence-corrected chi connectivity index (χ2v) is 3.33. The van der Waals surface area contributed by atoms with Gasteiger partial charge in [0, 0.05) is 12.4 Å². The van der Waals surface area contributed by atoms with Crippen LogP contribution in [0.3, 0.4) is 0 Å². The average molecular weight is 225 g/mol. The van der Waals surface area contributed by atoms with Gasteiger partial charge in [-0.1, -0.05) is 28.1 Å². The number of alkyl halides is 1. The number of hydrogen-bond acceptors (Lipinski definition) is 1. The maximum Gasteiger partial charge on any atom is 0.0955 e. The third-order valence-electron chi connectivity index (χ3n) is 1.98. The molecule has 1 aromatic heterocycles. The molecule has 0 radical (unpaired) electrons. The zero-order chi connectivity index (χ0) is 8.55. The number of nitrogens with zero attached hydrogens (tertiary/aromatic N) is 2. The van der Waals surface area contributed by atoms with Crippen LogP contribution < -0.4 is 0 Å². The van der Waals surface area contributed by atoms with Crippen LogP contribution in [0, 0.1) is 0 Å². The van der Waals surface area contributed by atoms with E-state index in [1.165, 1.54) is 11.1 Å². The van der Waals surface area contributed by atoms with Gasteiger partial charge in [0.1, 0.15) is 0 Å². The van der Waals surface area contributed by atoms with Crippen molar-refractivity contribution in [3.63, 3.8) is 0 Å². The van der Waals surface area contributed by atoms with Gasteiger partial charge in [-0.25, -0.2) is 4.98 Å². The number of benzene rings is 1. The Bertz CT molecular complexity index is 406. The van der Waals surface area contributed by atoms with E-state index in [0.29, 0.717) is 0 Å². The second-order valence-electron chi connectivity index (χ2n) is 2.77. The van der Waals surface area contributed by atoms with Crippen molar-refractivity contribution in [2.75, 3.05) is 0 Å². The van der Waals surface area contributed by atoms with Crippen molar-refractivity contribution in [1.82, 2.24) is 9.55 Å². The summed E-state index contributed by atoms with van der Waals surface area (Å²) in [7, 11) is 2.01. The fourth-order valence-electron chi connectivity index (χ4n) is 1.33. The zero-order valence-electron chi connectivity index (χ0n) is 6.79. The summed E-state index contributed by atoms with van der Waals surface area (Å²) in [5, 5.41) is 0.862. The third kappa shape index (κ3) is 1.05. The summed E-state index contributed by atoms with van der Waals surface area (Å²) >= 11 is 3.44. The number of hydrogen-bond donors (Lipinski definition) is 0. The molecule has 2 aromatic rings. The van der Waals surface area contributed by atoms with Crippen molar-refractivity contribution in [3.8, 4) is 0 Å². The van der Waals surface area contributed by atoms with Crippen LogP contribution in [0.25, 0.3) is 11.0 Å². The second kappa shape index (κ2) is 2.90. The Balaban J connectivity index is 2.81. The van der Waals surface area contributed by atoms with Crippen LogP contribution in [-0.4, -0.2) is 9.55 Å². The highest BCUT2D eigenvalue weighted by molar-refractivity contribution is 9.08. The molecular weight excluding hydrogens is 216 g/mol. The average Bonchev–Trinajstić information content (AvgIpc) is 2.48. The van der Waals surface area contributed by atoms with E-state index in [1.807, 2.05) is 17.9 Å². The lowest BCUT2D eigenvalue weighted by Crippen LogP contribution is -1.84. The van der Waals surface area contributed by atoms with Crippen molar-refractivity contribution in [2.45, 2.75) is 5.33 Å². The highest BCUT2D eigenvalue weighted by Crippen LogP contribution is 2.18. The summed E-state index contributed by atoms with van der Waals surface area (Å²) in [4.78, 5) is 4.32. The van der Waals surface area contributed by atoms with Crippen LogP contribution in [0.15, 0.2) is 24.5 Å². The molecule has 0 aliphatic carbocycles. The lowest BCUT2D eigenvalue weighted by atomic mass is 10.2. The van der Waals surface area contributed by atoms with Gasteiger partial charge in [-0.3, -0.25) is 0 Å². The SMILES string of the molecule is Cn1cnc2c(CBr)cccc21. The summed E-state index contributed by atoms with van der Waals surface area (Å²) in [6.45, 7) is 0. The molecule has 0 saturated carbocycles. The van der Waals surface area contributed by atoms with Crippen LogP contribution in [0.4, 0.5) is 0 Å². The maximum absolute atomic E-state index is 4.32. The van der Waals surface area contributed by atoms with E-state index in [0.717, 1.165) is 10.8 Å². The predicted molar refractivity (Wildman–Crippen MR) is 53.3 cm³/mol. The first kappa shape index (κ1) is 7.80. The number of aryl methyl sites for hydroxylation is 1. The molecule has 0 aliphatic heterocycles. The zero-order valence-corrected chi connectivity index (χ0v) is 8.37. The molecule has 3 heteroatoms. The van der Waals surface area contributed by atoms with Gasteiger partial charge in [0.15, 0.2) is 0 Å². The first-order chi connectivity index (χ1) is 5.83. The molecule has 1 heterocycles. The third-order valence-corrected chi connectivity index (χ3v) is 2.59. The predicted octanol–water partition coefficient (Wildman–Crippen LogP) is 2.47. The lowest BCUT2D eigenvalue weighted by Gasteiger charge is -1.97. The number of fused-ring (bicyclic) bond motifs is 1. The molecule has 0 aliphatic rings. The van der Waals surface area contributed by atoms with Gasteiger partial charge in [0.05, 0.1) is 17.4 Å². The van der Waals surface area contributed by atoms with Gasteiger partial charge in [-0.05, 0) is 11.6 Å². The minimum atomic E-state index is 0.862. The minimum Gasteiger partial charge on any atom is -0.334 e. The number of imidazole rings is 1. The molecule has 0 spiro atoms. The standard InChI is InChI=1S/C9H9BrN2/c1-12-6-11-9-7(5-10)3-2-4-8(9)12/h2-4,6H,5H2,1H3. The summed E-state index contributed by atoms with van der Waals surface area (Å²) in [5.41, 5.74) is 3.52. The number of para-hydroxylation sites is 1. The number of halogens is 1. The molecule has 62 valence electrons. The molecule has 1 aromatic carbocycles. The topological polar surface area (TPSA) is 17.8 Å². The van der Waals surface area contributed by atoms with E-state index in [4.69, 9.17) is 0 Å².